The summed E-state index contributed by atoms with van der Waals surface area (Å²) in [5.74, 6) is -1.50. The highest BCUT2D eigenvalue weighted by Gasteiger charge is 2.44. The average molecular weight is 451 g/mol. The molecule has 0 saturated carbocycles. The molecular weight excluding hydrogens is 427 g/mol. The van der Waals surface area contributed by atoms with Gasteiger partial charge in [-0.05, 0) is 73.4 Å². The summed E-state index contributed by atoms with van der Waals surface area (Å²) in [6.07, 6.45) is 0.335. The topological polar surface area (TPSA) is 83.6 Å². The van der Waals surface area contributed by atoms with E-state index >= 15 is 0 Å². The van der Waals surface area contributed by atoms with Crippen LogP contribution < -0.4 is 10.6 Å². The number of fused-ring (bicyclic) bond motifs is 1. The number of nitrogen functional groups attached to an aromatic ring is 1. The second-order valence-electron chi connectivity index (χ2n) is 8.18. The third-order valence-corrected chi connectivity index (χ3v) is 7.08. The molecule has 1 aliphatic heterocycles. The van der Waals surface area contributed by atoms with Gasteiger partial charge in [0.2, 0.25) is 5.91 Å². The van der Waals surface area contributed by atoms with Crippen LogP contribution in [-0.2, 0) is 17.8 Å². The first-order valence-corrected chi connectivity index (χ1v) is 11.0. The third-order valence-electron chi connectivity index (χ3n) is 5.70. The molecule has 0 aliphatic carbocycles. The lowest BCUT2D eigenvalue weighted by Crippen LogP contribution is -2.49. The van der Waals surface area contributed by atoms with Crippen molar-refractivity contribution in [2.45, 2.75) is 36.5 Å². The van der Waals surface area contributed by atoms with Crippen molar-refractivity contribution >= 4 is 35.0 Å². The third kappa shape index (κ3) is 4.08. The number of halogens is 1. The number of thioether (sulfide) groups is 1. The maximum absolute atomic E-state index is 14.8. The molecule has 3 aromatic rings. The number of hydrogen-bond acceptors (Lipinski definition) is 4. The van der Waals surface area contributed by atoms with Crippen molar-refractivity contribution < 1.29 is 19.1 Å². The molecule has 0 bridgehead atoms. The molecule has 0 saturated heterocycles. The van der Waals surface area contributed by atoms with E-state index in [0.717, 1.165) is 16.7 Å². The molecule has 5 nitrogen and oxygen atoms in total. The number of hydrogen-bond donors (Lipinski definition) is 2. The summed E-state index contributed by atoms with van der Waals surface area (Å²) in [5, 5.41) is 9.13. The lowest BCUT2D eigenvalue weighted by molar-refractivity contribution is -0.120. The van der Waals surface area contributed by atoms with Crippen LogP contribution in [0.3, 0.4) is 0 Å². The van der Waals surface area contributed by atoms with Crippen molar-refractivity contribution in [3.8, 4) is 0 Å². The summed E-state index contributed by atoms with van der Waals surface area (Å²) in [7, 11) is 0. The van der Waals surface area contributed by atoms with Crippen LogP contribution >= 0.6 is 11.8 Å². The second-order valence-corrected chi connectivity index (χ2v) is 9.69. The quantitative estimate of drug-likeness (QED) is 0.531. The predicted molar refractivity (Wildman–Crippen MR) is 125 cm³/mol. The Kier molecular flexibility index (Phi) is 5.69. The van der Waals surface area contributed by atoms with Crippen LogP contribution in [0.15, 0.2) is 65.6 Å². The molecule has 1 aliphatic rings. The second kappa shape index (κ2) is 8.31. The van der Waals surface area contributed by atoms with E-state index in [9.17, 15) is 14.0 Å². The number of carbonyl (C=O) groups excluding carboxylic acids is 1. The van der Waals surface area contributed by atoms with E-state index in [0.29, 0.717) is 29.2 Å². The molecule has 0 aromatic heterocycles. The number of aromatic carboxylic acids is 1. The molecule has 0 fully saturated rings. The van der Waals surface area contributed by atoms with Gasteiger partial charge in [0.05, 0.1) is 22.7 Å². The molecule has 32 heavy (non-hydrogen) atoms. The monoisotopic (exact) mass is 450 g/mol. The fourth-order valence-electron chi connectivity index (χ4n) is 3.97. The molecule has 3 N–H and O–H groups in total. The Balaban J connectivity index is 1.72. The molecule has 1 atom stereocenters. The van der Waals surface area contributed by atoms with Gasteiger partial charge in [-0.15, -0.1) is 11.8 Å². The molecule has 7 heteroatoms. The van der Waals surface area contributed by atoms with Crippen molar-refractivity contribution in [1.29, 1.82) is 0 Å². The summed E-state index contributed by atoms with van der Waals surface area (Å²) in [4.78, 5) is 27.0. The normalized spacial score (nSPS) is 17.8. The molecule has 1 heterocycles. The number of benzene rings is 3. The van der Waals surface area contributed by atoms with Crippen molar-refractivity contribution in [2.24, 2.45) is 0 Å². The first-order chi connectivity index (χ1) is 15.2. The molecule has 164 valence electrons. The van der Waals surface area contributed by atoms with Gasteiger partial charge >= 0.3 is 5.97 Å². The lowest BCUT2D eigenvalue weighted by Gasteiger charge is -2.40. The molecule has 0 spiro atoms. The lowest BCUT2D eigenvalue weighted by atomic mass is 9.96. The molecule has 4 rings (SSSR count). The van der Waals surface area contributed by atoms with Gasteiger partial charge in [-0.2, -0.15) is 0 Å². The number of nitrogens with zero attached hydrogens (tertiary/aromatic N) is 1. The highest BCUT2D eigenvalue weighted by molar-refractivity contribution is 8.01. The zero-order chi connectivity index (χ0) is 23.0. The van der Waals surface area contributed by atoms with E-state index in [2.05, 4.69) is 0 Å². The number of aryl methyl sites for hydroxylation is 1. The molecule has 1 unspecified atom stereocenters. The Bertz CT molecular complexity index is 1210. The Morgan fingerprint density at radius 1 is 1.16 bits per heavy atom. The van der Waals surface area contributed by atoms with Gasteiger partial charge in [-0.1, -0.05) is 24.3 Å². The largest absolute Gasteiger partial charge is 0.478 e. The standard InChI is InChI=1S/C25H23FN2O3S/c1-15-12-19(27)11-10-18(15)14-28-21-5-3-4-20(26)22(21)32-25(2,24(28)31)13-16-6-8-17(9-7-16)23(29)30/h3-12H,13-14,27H2,1-2H3,(H,29,30). The maximum Gasteiger partial charge on any atom is 0.335 e. The first kappa shape index (κ1) is 21.9. The zero-order valence-electron chi connectivity index (χ0n) is 17.8. The summed E-state index contributed by atoms with van der Waals surface area (Å²) < 4.78 is 13.9. The van der Waals surface area contributed by atoms with Gasteiger partial charge in [0, 0.05) is 5.69 Å². The van der Waals surface area contributed by atoms with Gasteiger partial charge in [-0.3, -0.25) is 4.79 Å². The number of anilines is 2. The van der Waals surface area contributed by atoms with Crippen LogP contribution in [0, 0.1) is 12.7 Å². The molecule has 0 radical (unpaired) electrons. The van der Waals surface area contributed by atoms with E-state index in [1.807, 2.05) is 26.0 Å². The summed E-state index contributed by atoms with van der Waals surface area (Å²) >= 11 is 1.22. The minimum Gasteiger partial charge on any atom is -0.478 e. The zero-order valence-corrected chi connectivity index (χ0v) is 18.6. The van der Waals surface area contributed by atoms with Gasteiger partial charge in [0.25, 0.3) is 0 Å². The number of carbonyl (C=O) groups is 2. The number of nitrogens with two attached hydrogens (primary N) is 1. The first-order valence-electron chi connectivity index (χ1n) is 10.1. The van der Waals surface area contributed by atoms with Crippen LogP contribution in [0.25, 0.3) is 0 Å². The minimum atomic E-state index is -1.01. The van der Waals surface area contributed by atoms with E-state index in [4.69, 9.17) is 10.8 Å². The SMILES string of the molecule is Cc1cc(N)ccc1CN1C(=O)C(C)(Cc2ccc(C(=O)O)cc2)Sc2c(F)cccc21. The number of carboxylic acids is 1. The van der Waals surface area contributed by atoms with E-state index in [1.165, 1.54) is 30.0 Å². The van der Waals surface area contributed by atoms with Crippen molar-refractivity contribution in [3.63, 3.8) is 0 Å². The van der Waals surface area contributed by atoms with Crippen molar-refractivity contribution in [1.82, 2.24) is 0 Å². The van der Waals surface area contributed by atoms with E-state index in [-0.39, 0.29) is 17.3 Å². The van der Waals surface area contributed by atoms with Gasteiger partial charge in [-0.25, -0.2) is 9.18 Å². The van der Waals surface area contributed by atoms with Crippen molar-refractivity contribution in [3.05, 3.63) is 88.7 Å². The smallest absolute Gasteiger partial charge is 0.335 e. The number of rotatable bonds is 5. The van der Waals surface area contributed by atoms with Crippen LogP contribution in [-0.4, -0.2) is 21.7 Å². The summed E-state index contributed by atoms with van der Waals surface area (Å²) in [5.41, 5.74) is 9.95. The highest BCUT2D eigenvalue weighted by atomic mass is 32.2. The average Bonchev–Trinajstić information content (AvgIpc) is 2.74. The molecule has 1 amide bonds. The summed E-state index contributed by atoms with van der Waals surface area (Å²) in [6.45, 7) is 4.05. The van der Waals surface area contributed by atoms with Gasteiger partial charge < -0.3 is 15.7 Å². The van der Waals surface area contributed by atoms with Gasteiger partial charge in [0.15, 0.2) is 0 Å². The molecule has 3 aromatic carbocycles. The number of amides is 1. The Morgan fingerprint density at radius 2 is 1.88 bits per heavy atom. The molecular formula is C25H23FN2O3S. The Hall–Kier alpha value is -3.32. The Morgan fingerprint density at radius 3 is 2.53 bits per heavy atom. The fourth-order valence-corrected chi connectivity index (χ4v) is 5.30. The highest BCUT2D eigenvalue weighted by Crippen LogP contribution is 2.48. The predicted octanol–water partition coefficient (Wildman–Crippen LogP) is 5.05. The minimum absolute atomic E-state index is 0.126. The van der Waals surface area contributed by atoms with E-state index in [1.54, 1.807) is 35.2 Å². The van der Waals surface area contributed by atoms with Crippen LogP contribution in [0.2, 0.25) is 0 Å². The maximum atomic E-state index is 14.8. The summed E-state index contributed by atoms with van der Waals surface area (Å²) in [6, 6.07) is 16.7. The Labute approximate surface area is 190 Å². The van der Waals surface area contributed by atoms with Crippen LogP contribution in [0.5, 0.6) is 0 Å². The fraction of sp³-hybridized carbons (Fsp3) is 0.200. The number of carboxylic acid groups (broad SMARTS) is 1. The van der Waals surface area contributed by atoms with Gasteiger partial charge in [0.1, 0.15) is 10.6 Å². The van der Waals surface area contributed by atoms with Crippen LogP contribution in [0.4, 0.5) is 15.8 Å². The van der Waals surface area contributed by atoms with Crippen molar-refractivity contribution in [2.75, 3.05) is 10.6 Å². The van der Waals surface area contributed by atoms with Crippen LogP contribution in [0.1, 0.15) is 34.0 Å². The van der Waals surface area contributed by atoms with E-state index < -0.39 is 10.7 Å².